The number of Topliss-reactive ketones (excluding diaryl/α,β-unsaturated/α-hetero) is 1. The first kappa shape index (κ1) is 38.8. The highest BCUT2D eigenvalue weighted by Crippen LogP contribution is 2.32. The average Bonchev–Trinajstić information content (AvgIpc) is 3.18. The third kappa shape index (κ3) is 10.6. The fourth-order valence-electron chi connectivity index (χ4n) is 5.87. The van der Waals surface area contributed by atoms with Crippen molar-refractivity contribution >= 4 is 63.9 Å². The molecule has 2 amide bonds. The van der Waals surface area contributed by atoms with Crippen molar-refractivity contribution in [3.8, 4) is 5.75 Å². The number of ketones is 1. The number of piperazine rings is 2. The van der Waals surface area contributed by atoms with E-state index in [9.17, 15) is 18.8 Å². The fraction of sp³-hybridized carbons (Fsp3) is 0.342. The highest BCUT2D eigenvalue weighted by Gasteiger charge is 2.23. The lowest BCUT2D eigenvalue weighted by Gasteiger charge is -2.36. The summed E-state index contributed by atoms with van der Waals surface area (Å²) >= 11 is 13.7. The molecule has 2 aliphatic heterocycles. The minimum Gasteiger partial charge on any atom is -0.494 e. The molecule has 0 spiro atoms. The van der Waals surface area contributed by atoms with Gasteiger partial charge in [0, 0.05) is 117 Å². The molecule has 2 aromatic carbocycles. The number of carbonyl (C=O) groups excluding carboxylic acids is 3. The summed E-state index contributed by atoms with van der Waals surface area (Å²) in [5.74, 6) is -0.262. The maximum atomic E-state index is 13.7. The van der Waals surface area contributed by atoms with E-state index in [1.54, 1.807) is 35.8 Å². The lowest BCUT2D eigenvalue weighted by Crippen LogP contribution is -2.49. The highest BCUT2D eigenvalue weighted by molar-refractivity contribution is 8.00. The van der Waals surface area contributed by atoms with E-state index in [0.29, 0.717) is 28.9 Å². The number of pyridine rings is 2. The molecule has 10 nitrogen and oxygen atoms in total. The van der Waals surface area contributed by atoms with Gasteiger partial charge >= 0.3 is 0 Å². The normalized spacial score (nSPS) is 14.4. The molecular weight excluding hydrogens is 726 g/mol. The van der Waals surface area contributed by atoms with E-state index in [4.69, 9.17) is 27.9 Å². The van der Waals surface area contributed by atoms with Gasteiger partial charge in [-0.05, 0) is 67.1 Å². The van der Waals surface area contributed by atoms with Crippen molar-refractivity contribution in [1.29, 1.82) is 0 Å². The number of benzene rings is 2. The predicted molar refractivity (Wildman–Crippen MR) is 204 cm³/mol. The summed E-state index contributed by atoms with van der Waals surface area (Å²) in [6.07, 6.45) is 7.28. The monoisotopic (exact) mass is 766 g/mol. The Balaban J connectivity index is 0.000000202. The van der Waals surface area contributed by atoms with E-state index in [0.717, 1.165) is 67.2 Å². The molecule has 14 heteroatoms. The Bertz CT molecular complexity index is 1830. The number of aromatic nitrogens is 2. The van der Waals surface area contributed by atoms with Gasteiger partial charge in [0.15, 0.2) is 17.3 Å². The molecule has 0 aliphatic carbocycles. The van der Waals surface area contributed by atoms with Crippen LogP contribution in [0.4, 0.5) is 15.8 Å². The Morgan fingerprint density at radius 2 is 1.27 bits per heavy atom. The largest absolute Gasteiger partial charge is 0.494 e. The summed E-state index contributed by atoms with van der Waals surface area (Å²) in [6, 6.07) is 15.7. The SMILES string of the molecule is COc1ccc(C(=O)CCC(=O)N2CCN(c3ccncc3)CC2)cc1F.Cc1cc(SCC(=O)N2CCN(c3ccncc3)CC2)c(Cl)cc1Cl. The van der Waals surface area contributed by atoms with Crippen LogP contribution in [0.1, 0.15) is 28.8 Å². The Morgan fingerprint density at radius 1 is 0.731 bits per heavy atom. The van der Waals surface area contributed by atoms with Gasteiger partial charge in [0.05, 0.1) is 17.9 Å². The number of carbonyl (C=O) groups is 3. The van der Waals surface area contributed by atoms with Crippen LogP contribution in [0.25, 0.3) is 0 Å². The van der Waals surface area contributed by atoms with Crippen molar-refractivity contribution in [2.24, 2.45) is 0 Å². The van der Waals surface area contributed by atoms with Crippen LogP contribution in [0, 0.1) is 12.7 Å². The lowest BCUT2D eigenvalue weighted by atomic mass is 10.1. The van der Waals surface area contributed by atoms with Gasteiger partial charge in [-0.1, -0.05) is 23.2 Å². The zero-order valence-corrected chi connectivity index (χ0v) is 31.5. The van der Waals surface area contributed by atoms with Crippen molar-refractivity contribution in [2.45, 2.75) is 24.7 Å². The molecule has 2 aliphatic rings. The van der Waals surface area contributed by atoms with E-state index >= 15 is 0 Å². The second kappa shape index (κ2) is 18.9. The van der Waals surface area contributed by atoms with Crippen molar-refractivity contribution in [3.05, 3.63) is 106 Å². The van der Waals surface area contributed by atoms with Crippen LogP contribution in [-0.2, 0) is 9.59 Å². The number of halogens is 3. The molecule has 0 radical (unpaired) electrons. The standard InChI is InChI=1S/C20H22FN3O3.C18H19Cl2N3OS/c1-27-19-4-2-15(14-17(19)21)18(25)3-5-20(26)24-12-10-23(11-13-24)16-6-8-22-9-7-16;1-13-10-17(16(20)11-15(13)19)25-12-18(24)23-8-6-22(7-9-23)14-2-4-21-5-3-14/h2,4,6-9,14H,3,5,10-13H2,1H3;2-5,10-11H,6-9,12H2,1H3. The predicted octanol–water partition coefficient (Wildman–Crippen LogP) is 6.68. The van der Waals surface area contributed by atoms with Crippen LogP contribution < -0.4 is 14.5 Å². The molecule has 0 atom stereocenters. The number of aryl methyl sites for hydroxylation is 1. The number of amides is 2. The van der Waals surface area contributed by atoms with Gasteiger partial charge in [0.25, 0.3) is 0 Å². The molecule has 2 aromatic heterocycles. The Labute approximate surface area is 317 Å². The van der Waals surface area contributed by atoms with Gasteiger partial charge in [-0.2, -0.15) is 0 Å². The molecule has 0 unspecified atom stereocenters. The third-order valence-corrected chi connectivity index (χ3v) is 10.8. The summed E-state index contributed by atoms with van der Waals surface area (Å²) in [6.45, 7) is 7.79. The average molecular weight is 768 g/mol. The molecule has 4 aromatic rings. The van der Waals surface area contributed by atoms with Crippen LogP contribution in [0.2, 0.25) is 10.0 Å². The summed E-state index contributed by atoms with van der Waals surface area (Å²) in [5, 5.41) is 1.24. The number of hydrogen-bond donors (Lipinski definition) is 0. The molecule has 2 saturated heterocycles. The van der Waals surface area contributed by atoms with Gasteiger partial charge in [0.2, 0.25) is 11.8 Å². The molecule has 52 heavy (non-hydrogen) atoms. The highest BCUT2D eigenvalue weighted by atomic mass is 35.5. The number of nitrogens with zero attached hydrogens (tertiary/aromatic N) is 6. The van der Waals surface area contributed by atoms with Crippen LogP contribution in [0.3, 0.4) is 0 Å². The molecule has 274 valence electrons. The molecular formula is C38H41Cl2FN6O4S. The van der Waals surface area contributed by atoms with Crippen molar-refractivity contribution < 1.29 is 23.5 Å². The van der Waals surface area contributed by atoms with Gasteiger partial charge in [-0.15, -0.1) is 11.8 Å². The third-order valence-electron chi connectivity index (χ3n) is 8.92. The molecule has 6 rings (SSSR count). The molecule has 0 saturated carbocycles. The molecule has 0 bridgehead atoms. The Kier molecular flexibility index (Phi) is 14.1. The number of hydrogen-bond acceptors (Lipinski definition) is 9. The zero-order valence-electron chi connectivity index (χ0n) is 29.1. The summed E-state index contributed by atoms with van der Waals surface area (Å²) < 4.78 is 18.6. The van der Waals surface area contributed by atoms with Crippen molar-refractivity contribution in [3.63, 3.8) is 0 Å². The first-order valence-corrected chi connectivity index (χ1v) is 18.7. The van der Waals surface area contributed by atoms with Crippen LogP contribution in [-0.4, -0.2) is 103 Å². The number of rotatable bonds is 10. The second-order valence-electron chi connectivity index (χ2n) is 12.2. The topological polar surface area (TPSA) is 99.2 Å². The van der Waals surface area contributed by atoms with E-state index in [2.05, 4.69) is 19.8 Å². The summed E-state index contributed by atoms with van der Waals surface area (Å²) in [4.78, 5) is 54.2. The Hall–Kier alpha value is -4.39. The van der Waals surface area contributed by atoms with Gasteiger partial charge in [-0.3, -0.25) is 24.4 Å². The maximum absolute atomic E-state index is 13.7. The van der Waals surface area contributed by atoms with E-state index in [1.807, 2.05) is 42.2 Å². The first-order chi connectivity index (χ1) is 25.1. The number of anilines is 2. The summed E-state index contributed by atoms with van der Waals surface area (Å²) in [5.41, 5.74) is 3.46. The number of methoxy groups -OCH3 is 1. The quantitative estimate of drug-likeness (QED) is 0.129. The smallest absolute Gasteiger partial charge is 0.233 e. The van der Waals surface area contributed by atoms with Crippen molar-refractivity contribution in [1.82, 2.24) is 19.8 Å². The van der Waals surface area contributed by atoms with E-state index in [-0.39, 0.29) is 41.8 Å². The van der Waals surface area contributed by atoms with Crippen molar-refractivity contribution in [2.75, 3.05) is 75.0 Å². The van der Waals surface area contributed by atoms with E-state index in [1.165, 1.54) is 31.0 Å². The van der Waals surface area contributed by atoms with Gasteiger partial charge in [-0.25, -0.2) is 4.39 Å². The minimum atomic E-state index is -0.582. The fourth-order valence-corrected chi connectivity index (χ4v) is 7.34. The van der Waals surface area contributed by atoms with Crippen LogP contribution in [0.5, 0.6) is 5.75 Å². The lowest BCUT2D eigenvalue weighted by molar-refractivity contribution is -0.131. The molecule has 0 N–H and O–H groups in total. The molecule has 4 heterocycles. The van der Waals surface area contributed by atoms with Gasteiger partial charge < -0.3 is 24.3 Å². The van der Waals surface area contributed by atoms with Crippen LogP contribution in [0.15, 0.2) is 84.3 Å². The maximum Gasteiger partial charge on any atom is 0.233 e. The number of thioether (sulfide) groups is 1. The molecule has 2 fully saturated rings. The van der Waals surface area contributed by atoms with Gasteiger partial charge in [0.1, 0.15) is 0 Å². The second-order valence-corrected chi connectivity index (χ2v) is 14.1. The van der Waals surface area contributed by atoms with E-state index < -0.39 is 5.82 Å². The zero-order chi connectivity index (χ0) is 37.0. The summed E-state index contributed by atoms with van der Waals surface area (Å²) in [7, 11) is 1.37. The first-order valence-electron chi connectivity index (χ1n) is 16.9. The van der Waals surface area contributed by atoms with Crippen LogP contribution >= 0.6 is 35.0 Å². The minimum absolute atomic E-state index is 0.0493. The number of ether oxygens (including phenoxy) is 1. The Morgan fingerprint density at radius 3 is 1.79 bits per heavy atom.